The molecule has 0 spiro atoms. The molecule has 0 aliphatic carbocycles. The fraction of sp³-hybridized carbons (Fsp3) is 0.250. The lowest BCUT2D eigenvalue weighted by molar-refractivity contribution is -0.138. The van der Waals surface area contributed by atoms with E-state index in [1.54, 1.807) is 42.5 Å². The van der Waals surface area contributed by atoms with E-state index in [0.29, 0.717) is 33.6 Å². The molecule has 2 rings (SSSR count). The Morgan fingerprint density at radius 2 is 1.70 bits per heavy atom. The van der Waals surface area contributed by atoms with Crippen LogP contribution in [-0.2, 0) is 9.53 Å². The van der Waals surface area contributed by atoms with Crippen LogP contribution in [0.3, 0.4) is 0 Å². The molecule has 0 radical (unpaired) electrons. The van der Waals surface area contributed by atoms with Gasteiger partial charge in [-0.3, -0.25) is 0 Å². The second-order valence-electron chi connectivity index (χ2n) is 5.27. The Hall–Kier alpha value is -2.86. The van der Waals surface area contributed by atoms with Crippen LogP contribution in [0, 0.1) is 0 Å². The van der Waals surface area contributed by atoms with E-state index in [9.17, 15) is 4.79 Å². The summed E-state index contributed by atoms with van der Waals surface area (Å²) in [7, 11) is 4.58. The fourth-order valence-corrected chi connectivity index (χ4v) is 2.45. The summed E-state index contributed by atoms with van der Waals surface area (Å²) in [5.74, 6) is 1.61. The van der Waals surface area contributed by atoms with Gasteiger partial charge in [-0.05, 0) is 42.0 Å². The van der Waals surface area contributed by atoms with Crippen molar-refractivity contribution in [3.63, 3.8) is 0 Å². The fourth-order valence-electron chi connectivity index (χ4n) is 2.27. The van der Waals surface area contributed by atoms with E-state index in [1.165, 1.54) is 27.4 Å². The van der Waals surface area contributed by atoms with Crippen LogP contribution in [0.15, 0.2) is 42.5 Å². The summed E-state index contributed by atoms with van der Waals surface area (Å²) in [6, 6.07) is 10.5. The zero-order valence-corrected chi connectivity index (χ0v) is 16.1. The maximum Gasteiger partial charge on any atom is 0.330 e. The van der Waals surface area contributed by atoms with E-state index in [2.05, 4.69) is 0 Å². The van der Waals surface area contributed by atoms with Gasteiger partial charge in [-0.15, -0.1) is 0 Å². The van der Waals surface area contributed by atoms with Crippen molar-refractivity contribution >= 4 is 23.6 Å². The molecule has 2 aromatic carbocycles. The second kappa shape index (κ2) is 10.3. The number of hydrogen-bond donors (Lipinski definition) is 0. The van der Waals surface area contributed by atoms with Gasteiger partial charge in [0, 0.05) is 11.1 Å². The van der Waals surface area contributed by atoms with Crippen molar-refractivity contribution in [2.45, 2.75) is 0 Å². The minimum absolute atomic E-state index is 0.116. The number of carbonyl (C=O) groups is 1. The van der Waals surface area contributed by atoms with Gasteiger partial charge in [0.15, 0.2) is 11.5 Å². The molecule has 0 atom stereocenters. The highest BCUT2D eigenvalue weighted by Crippen LogP contribution is 2.38. The first-order valence-corrected chi connectivity index (χ1v) is 8.48. The predicted octanol–water partition coefficient (Wildman–Crippen LogP) is 4.00. The number of rotatable bonds is 9. The maximum absolute atomic E-state index is 11.8. The smallest absolute Gasteiger partial charge is 0.330 e. The number of benzene rings is 2. The van der Waals surface area contributed by atoms with Gasteiger partial charge in [0.1, 0.15) is 19.0 Å². The molecule has 0 saturated heterocycles. The summed E-state index contributed by atoms with van der Waals surface area (Å²) in [6.45, 7) is 0.342. The molecule has 0 aromatic heterocycles. The molecule has 0 aliphatic rings. The van der Waals surface area contributed by atoms with Crippen molar-refractivity contribution in [1.29, 1.82) is 0 Å². The van der Waals surface area contributed by atoms with Crippen molar-refractivity contribution in [2.75, 3.05) is 34.5 Å². The molecule has 0 heterocycles. The Morgan fingerprint density at radius 3 is 2.30 bits per heavy atom. The number of ether oxygens (including phenoxy) is 5. The lowest BCUT2D eigenvalue weighted by Crippen LogP contribution is -2.10. The predicted molar refractivity (Wildman–Crippen MR) is 103 cm³/mol. The van der Waals surface area contributed by atoms with Crippen LogP contribution in [0.5, 0.6) is 23.0 Å². The third kappa shape index (κ3) is 6.11. The minimum Gasteiger partial charge on any atom is -0.493 e. The number of methoxy groups -OCH3 is 3. The highest BCUT2D eigenvalue weighted by atomic mass is 35.5. The van der Waals surface area contributed by atoms with Crippen LogP contribution >= 0.6 is 11.6 Å². The minimum atomic E-state index is -0.488. The molecule has 27 heavy (non-hydrogen) atoms. The van der Waals surface area contributed by atoms with E-state index in [4.69, 9.17) is 35.3 Å². The average Bonchev–Trinajstić information content (AvgIpc) is 2.68. The molecule has 7 heteroatoms. The van der Waals surface area contributed by atoms with Gasteiger partial charge in [0.05, 0.1) is 21.3 Å². The van der Waals surface area contributed by atoms with Crippen molar-refractivity contribution < 1.29 is 28.5 Å². The summed E-state index contributed by atoms with van der Waals surface area (Å²) < 4.78 is 26.4. The van der Waals surface area contributed by atoms with Crippen molar-refractivity contribution in [3.8, 4) is 23.0 Å². The summed E-state index contributed by atoms with van der Waals surface area (Å²) in [4.78, 5) is 11.8. The SMILES string of the molecule is COc1cc(/C=C/C(=O)OCCOc2cccc(Cl)c2)cc(OC)c1OC. The largest absolute Gasteiger partial charge is 0.493 e. The first kappa shape index (κ1) is 20.5. The van der Waals surface area contributed by atoms with Crippen LogP contribution < -0.4 is 18.9 Å². The Morgan fingerprint density at radius 1 is 1.00 bits per heavy atom. The number of hydrogen-bond acceptors (Lipinski definition) is 6. The zero-order chi connectivity index (χ0) is 19.6. The standard InChI is InChI=1S/C20H21ClO6/c1-23-17-11-14(12-18(24-2)20(17)25-3)7-8-19(22)27-10-9-26-16-6-4-5-15(21)13-16/h4-8,11-13H,9-10H2,1-3H3/b8-7+. The molecule has 0 aliphatic heterocycles. The summed E-state index contributed by atoms with van der Waals surface area (Å²) in [5.41, 5.74) is 0.705. The van der Waals surface area contributed by atoms with E-state index < -0.39 is 5.97 Å². The monoisotopic (exact) mass is 392 g/mol. The lowest BCUT2D eigenvalue weighted by atomic mass is 10.1. The molecule has 2 aromatic rings. The molecule has 0 unspecified atom stereocenters. The topological polar surface area (TPSA) is 63.2 Å². The normalized spacial score (nSPS) is 10.5. The first-order chi connectivity index (χ1) is 13.1. The Bertz CT molecular complexity index is 778. The maximum atomic E-state index is 11.8. The summed E-state index contributed by atoms with van der Waals surface area (Å²) in [6.07, 6.45) is 2.92. The molecule has 0 bridgehead atoms. The van der Waals surface area contributed by atoms with Gasteiger partial charge >= 0.3 is 5.97 Å². The van der Waals surface area contributed by atoms with E-state index in [1.807, 2.05) is 0 Å². The van der Waals surface area contributed by atoms with Crippen LogP contribution in [-0.4, -0.2) is 40.5 Å². The molecule has 0 saturated carbocycles. The van der Waals surface area contributed by atoms with Gasteiger partial charge in [0.2, 0.25) is 5.75 Å². The zero-order valence-electron chi connectivity index (χ0n) is 15.4. The van der Waals surface area contributed by atoms with Crippen LogP contribution in [0.1, 0.15) is 5.56 Å². The first-order valence-electron chi connectivity index (χ1n) is 8.10. The molecule has 0 N–H and O–H groups in total. The Kier molecular flexibility index (Phi) is 7.82. The molecular weight excluding hydrogens is 372 g/mol. The Balaban J connectivity index is 1.88. The highest BCUT2D eigenvalue weighted by molar-refractivity contribution is 6.30. The Labute approximate surface area is 163 Å². The molecule has 0 fully saturated rings. The van der Waals surface area contributed by atoms with Crippen LogP contribution in [0.4, 0.5) is 0 Å². The number of halogens is 1. The van der Waals surface area contributed by atoms with Gasteiger partial charge in [0.25, 0.3) is 0 Å². The van der Waals surface area contributed by atoms with Gasteiger partial charge < -0.3 is 23.7 Å². The molecule has 0 amide bonds. The lowest BCUT2D eigenvalue weighted by Gasteiger charge is -2.12. The van der Waals surface area contributed by atoms with E-state index >= 15 is 0 Å². The van der Waals surface area contributed by atoms with Crippen molar-refractivity contribution in [3.05, 3.63) is 53.1 Å². The summed E-state index contributed by atoms with van der Waals surface area (Å²) in [5, 5.41) is 0.581. The summed E-state index contributed by atoms with van der Waals surface area (Å²) >= 11 is 5.87. The van der Waals surface area contributed by atoms with Crippen LogP contribution in [0.25, 0.3) is 6.08 Å². The number of esters is 1. The van der Waals surface area contributed by atoms with Crippen LogP contribution in [0.2, 0.25) is 5.02 Å². The molecular formula is C20H21ClO6. The van der Waals surface area contributed by atoms with Gasteiger partial charge in [-0.2, -0.15) is 0 Å². The van der Waals surface area contributed by atoms with Crippen molar-refractivity contribution in [2.24, 2.45) is 0 Å². The van der Waals surface area contributed by atoms with Gasteiger partial charge in [-0.25, -0.2) is 4.79 Å². The number of carbonyl (C=O) groups excluding carboxylic acids is 1. The van der Waals surface area contributed by atoms with Crippen molar-refractivity contribution in [1.82, 2.24) is 0 Å². The van der Waals surface area contributed by atoms with E-state index in [0.717, 1.165) is 0 Å². The third-order valence-corrected chi connectivity index (χ3v) is 3.73. The molecule has 144 valence electrons. The third-order valence-electron chi connectivity index (χ3n) is 3.49. The molecule has 6 nitrogen and oxygen atoms in total. The quantitative estimate of drug-likeness (QED) is 0.365. The second-order valence-corrected chi connectivity index (χ2v) is 5.70. The van der Waals surface area contributed by atoms with E-state index in [-0.39, 0.29) is 13.2 Å². The average molecular weight is 393 g/mol. The van der Waals surface area contributed by atoms with Gasteiger partial charge in [-0.1, -0.05) is 17.7 Å². The highest BCUT2D eigenvalue weighted by Gasteiger charge is 2.12.